The van der Waals surface area contributed by atoms with Crippen LogP contribution in [0.25, 0.3) is 17.1 Å². The highest BCUT2D eigenvalue weighted by Crippen LogP contribution is 2.30. The van der Waals surface area contributed by atoms with Crippen molar-refractivity contribution in [1.82, 2.24) is 14.8 Å². The molecule has 0 bridgehead atoms. The first-order valence-corrected chi connectivity index (χ1v) is 10.0. The Balaban J connectivity index is 1.71. The number of rotatable bonds is 6. The fourth-order valence-electron chi connectivity index (χ4n) is 3.04. The van der Waals surface area contributed by atoms with Gasteiger partial charge >= 0.3 is 0 Å². The normalized spacial score (nSPS) is 10.8. The number of benzene rings is 3. The number of hydrogen-bond donors (Lipinski definition) is 0. The number of nitro benzene ring substituents is 1. The lowest BCUT2D eigenvalue weighted by Crippen LogP contribution is -2.00. The Morgan fingerprint density at radius 1 is 0.966 bits per heavy atom. The summed E-state index contributed by atoms with van der Waals surface area (Å²) in [6.45, 7) is 2.08. The van der Waals surface area contributed by atoms with E-state index >= 15 is 0 Å². The van der Waals surface area contributed by atoms with Crippen LogP contribution in [0.1, 0.15) is 11.1 Å². The summed E-state index contributed by atoms with van der Waals surface area (Å²) in [5.74, 6) is 1.42. The molecule has 0 aliphatic heterocycles. The van der Waals surface area contributed by atoms with Crippen molar-refractivity contribution in [2.24, 2.45) is 0 Å². The van der Waals surface area contributed by atoms with Crippen molar-refractivity contribution in [2.45, 2.75) is 17.8 Å². The van der Waals surface area contributed by atoms with E-state index in [0.29, 0.717) is 5.82 Å². The first kappa shape index (κ1) is 18.9. The maximum Gasteiger partial charge on any atom is 0.269 e. The van der Waals surface area contributed by atoms with Gasteiger partial charge in [0.1, 0.15) is 0 Å². The second-order valence-corrected chi connectivity index (χ2v) is 7.50. The van der Waals surface area contributed by atoms with Crippen molar-refractivity contribution >= 4 is 17.4 Å². The average Bonchev–Trinajstić information content (AvgIpc) is 3.17. The van der Waals surface area contributed by atoms with Gasteiger partial charge in [0.05, 0.1) is 4.92 Å². The number of aryl methyl sites for hydroxylation is 1. The summed E-state index contributed by atoms with van der Waals surface area (Å²) in [6.07, 6.45) is 0. The minimum absolute atomic E-state index is 0.0496. The molecule has 0 N–H and O–H groups in total. The van der Waals surface area contributed by atoms with E-state index in [1.165, 1.54) is 23.3 Å². The maximum atomic E-state index is 11.0. The fraction of sp³-hybridized carbons (Fsp3) is 0.0909. The van der Waals surface area contributed by atoms with Crippen molar-refractivity contribution in [3.05, 3.63) is 100 Å². The van der Waals surface area contributed by atoms with Gasteiger partial charge in [-0.3, -0.25) is 14.7 Å². The van der Waals surface area contributed by atoms with Crippen LogP contribution in [0.3, 0.4) is 0 Å². The monoisotopic (exact) mass is 402 g/mol. The molecule has 7 heteroatoms. The van der Waals surface area contributed by atoms with Crippen LogP contribution in [0.15, 0.2) is 84.0 Å². The Morgan fingerprint density at radius 2 is 1.72 bits per heavy atom. The molecule has 0 amide bonds. The van der Waals surface area contributed by atoms with Gasteiger partial charge in [0.2, 0.25) is 0 Å². The van der Waals surface area contributed by atoms with Crippen LogP contribution < -0.4 is 0 Å². The Morgan fingerprint density at radius 3 is 2.41 bits per heavy atom. The molecule has 0 radical (unpaired) electrons. The van der Waals surface area contributed by atoms with E-state index in [-0.39, 0.29) is 5.69 Å². The molecule has 0 saturated carbocycles. The zero-order valence-electron chi connectivity index (χ0n) is 15.7. The molecule has 3 aromatic carbocycles. The van der Waals surface area contributed by atoms with Gasteiger partial charge in [0.15, 0.2) is 11.0 Å². The standard InChI is InChI=1S/C22H18N4O2S/c1-16-6-5-7-17(14-16)15-29-22-24-23-21(25(22)19-8-3-2-4-9-19)18-10-12-20(13-11-18)26(27)28/h2-14H,15H2,1H3. The average molecular weight is 402 g/mol. The molecule has 29 heavy (non-hydrogen) atoms. The Kier molecular flexibility index (Phi) is 5.39. The summed E-state index contributed by atoms with van der Waals surface area (Å²) in [6, 6.07) is 24.6. The van der Waals surface area contributed by atoms with Crippen LogP contribution in [-0.4, -0.2) is 19.7 Å². The topological polar surface area (TPSA) is 73.8 Å². The third kappa shape index (κ3) is 4.20. The SMILES string of the molecule is Cc1cccc(CSc2nnc(-c3ccc([N+](=O)[O-])cc3)n2-c2ccccc2)c1. The predicted molar refractivity (Wildman–Crippen MR) is 114 cm³/mol. The molecule has 0 spiro atoms. The minimum Gasteiger partial charge on any atom is -0.270 e. The second-order valence-electron chi connectivity index (χ2n) is 6.56. The molecular formula is C22H18N4O2S. The van der Waals surface area contributed by atoms with Crippen molar-refractivity contribution in [1.29, 1.82) is 0 Å². The smallest absolute Gasteiger partial charge is 0.269 e. The van der Waals surface area contributed by atoms with Crippen LogP contribution in [0.5, 0.6) is 0 Å². The van der Waals surface area contributed by atoms with Gasteiger partial charge in [0, 0.05) is 29.1 Å². The van der Waals surface area contributed by atoms with Gasteiger partial charge < -0.3 is 0 Å². The zero-order chi connectivity index (χ0) is 20.2. The molecule has 0 aliphatic rings. The van der Waals surface area contributed by atoms with Crippen molar-refractivity contribution < 1.29 is 4.92 Å². The van der Waals surface area contributed by atoms with Gasteiger partial charge in [-0.05, 0) is 36.8 Å². The van der Waals surface area contributed by atoms with Crippen LogP contribution in [-0.2, 0) is 5.75 Å². The first-order chi connectivity index (χ1) is 14.1. The zero-order valence-corrected chi connectivity index (χ0v) is 16.5. The molecule has 0 unspecified atom stereocenters. The first-order valence-electron chi connectivity index (χ1n) is 9.06. The van der Waals surface area contributed by atoms with Crippen LogP contribution in [0.2, 0.25) is 0 Å². The highest BCUT2D eigenvalue weighted by atomic mass is 32.2. The maximum absolute atomic E-state index is 11.0. The van der Waals surface area contributed by atoms with E-state index in [1.807, 2.05) is 34.9 Å². The van der Waals surface area contributed by atoms with E-state index in [0.717, 1.165) is 22.2 Å². The highest BCUT2D eigenvalue weighted by Gasteiger charge is 2.17. The molecule has 1 aromatic heterocycles. The van der Waals surface area contributed by atoms with E-state index in [2.05, 4.69) is 41.4 Å². The van der Waals surface area contributed by atoms with E-state index in [9.17, 15) is 10.1 Å². The van der Waals surface area contributed by atoms with Gasteiger partial charge in [0.25, 0.3) is 5.69 Å². The Bertz CT molecular complexity index is 1140. The number of hydrogen-bond acceptors (Lipinski definition) is 5. The summed E-state index contributed by atoms with van der Waals surface area (Å²) < 4.78 is 1.99. The van der Waals surface area contributed by atoms with E-state index < -0.39 is 4.92 Å². The number of nitro groups is 1. The Labute approximate surface area is 172 Å². The molecule has 4 aromatic rings. The summed E-state index contributed by atoms with van der Waals surface area (Å²) in [4.78, 5) is 10.5. The second kappa shape index (κ2) is 8.28. The van der Waals surface area contributed by atoms with Crippen molar-refractivity contribution in [3.63, 3.8) is 0 Å². The lowest BCUT2D eigenvalue weighted by molar-refractivity contribution is -0.384. The van der Waals surface area contributed by atoms with Crippen LogP contribution in [0, 0.1) is 17.0 Å². The quantitative estimate of drug-likeness (QED) is 0.244. The molecule has 6 nitrogen and oxygen atoms in total. The molecule has 0 atom stereocenters. The lowest BCUT2D eigenvalue weighted by Gasteiger charge is -2.10. The number of thioether (sulfide) groups is 1. The predicted octanol–water partition coefficient (Wildman–Crippen LogP) is 5.44. The molecule has 0 saturated heterocycles. The summed E-state index contributed by atoms with van der Waals surface area (Å²) in [7, 11) is 0. The van der Waals surface area contributed by atoms with Crippen LogP contribution >= 0.6 is 11.8 Å². The van der Waals surface area contributed by atoms with Crippen molar-refractivity contribution in [2.75, 3.05) is 0 Å². The van der Waals surface area contributed by atoms with Crippen molar-refractivity contribution in [3.8, 4) is 17.1 Å². The summed E-state index contributed by atoms with van der Waals surface area (Å²) >= 11 is 1.61. The number of nitrogens with zero attached hydrogens (tertiary/aromatic N) is 4. The van der Waals surface area contributed by atoms with Gasteiger partial charge in [-0.25, -0.2) is 0 Å². The number of non-ortho nitro benzene ring substituents is 1. The van der Waals surface area contributed by atoms with Crippen LogP contribution in [0.4, 0.5) is 5.69 Å². The third-order valence-electron chi connectivity index (χ3n) is 4.43. The van der Waals surface area contributed by atoms with E-state index in [4.69, 9.17) is 0 Å². The number of aromatic nitrogens is 3. The fourth-order valence-corrected chi connectivity index (χ4v) is 3.94. The Hall–Kier alpha value is -3.45. The van der Waals surface area contributed by atoms with Gasteiger partial charge in [-0.2, -0.15) is 0 Å². The lowest BCUT2D eigenvalue weighted by atomic mass is 10.2. The number of para-hydroxylation sites is 1. The largest absolute Gasteiger partial charge is 0.270 e. The van der Waals surface area contributed by atoms with E-state index in [1.54, 1.807) is 23.9 Å². The third-order valence-corrected chi connectivity index (χ3v) is 5.43. The molecule has 144 valence electrons. The van der Waals surface area contributed by atoms with Gasteiger partial charge in [-0.1, -0.05) is 59.8 Å². The molecule has 4 rings (SSSR count). The summed E-state index contributed by atoms with van der Waals surface area (Å²) in [5, 5.41) is 20.5. The highest BCUT2D eigenvalue weighted by molar-refractivity contribution is 7.98. The molecular weight excluding hydrogens is 384 g/mol. The molecule has 1 heterocycles. The summed E-state index contributed by atoms with van der Waals surface area (Å²) in [5.41, 5.74) is 4.20. The molecule has 0 aliphatic carbocycles. The minimum atomic E-state index is -0.408. The molecule has 0 fully saturated rings. The van der Waals surface area contributed by atoms with Gasteiger partial charge in [-0.15, -0.1) is 10.2 Å².